The molecule has 0 saturated heterocycles. The normalized spacial score (nSPS) is 10.5. The molecule has 5 heteroatoms. The SMILES string of the molecule is COc1cc(CCC(=O)O)ccc1OCCOc1cc(C)cc(C)c1C. The van der Waals surface area contributed by atoms with Gasteiger partial charge in [0.05, 0.1) is 7.11 Å². The number of methoxy groups -OCH3 is 1. The number of aryl methyl sites for hydroxylation is 3. The van der Waals surface area contributed by atoms with Gasteiger partial charge in [0.1, 0.15) is 19.0 Å². The number of hydrogen-bond acceptors (Lipinski definition) is 4. The van der Waals surface area contributed by atoms with Crippen molar-refractivity contribution < 1.29 is 24.1 Å². The Morgan fingerprint density at radius 3 is 2.31 bits per heavy atom. The summed E-state index contributed by atoms with van der Waals surface area (Å²) < 4.78 is 17.0. The Labute approximate surface area is 154 Å². The van der Waals surface area contributed by atoms with Crippen molar-refractivity contribution in [1.82, 2.24) is 0 Å². The van der Waals surface area contributed by atoms with Crippen LogP contribution in [0.2, 0.25) is 0 Å². The minimum atomic E-state index is -0.817. The van der Waals surface area contributed by atoms with Gasteiger partial charge in [-0.05, 0) is 67.6 Å². The number of rotatable bonds is 9. The van der Waals surface area contributed by atoms with E-state index in [4.69, 9.17) is 19.3 Å². The lowest BCUT2D eigenvalue weighted by Gasteiger charge is -2.14. The van der Waals surface area contributed by atoms with E-state index in [1.165, 1.54) is 11.1 Å². The molecule has 2 aromatic carbocycles. The lowest BCUT2D eigenvalue weighted by molar-refractivity contribution is -0.136. The van der Waals surface area contributed by atoms with Crippen LogP contribution in [0.5, 0.6) is 17.2 Å². The van der Waals surface area contributed by atoms with E-state index in [1.54, 1.807) is 13.2 Å². The monoisotopic (exact) mass is 358 g/mol. The van der Waals surface area contributed by atoms with E-state index in [-0.39, 0.29) is 6.42 Å². The molecule has 0 radical (unpaired) electrons. The first-order valence-electron chi connectivity index (χ1n) is 8.63. The molecule has 0 aliphatic carbocycles. The van der Waals surface area contributed by atoms with Crippen LogP contribution in [-0.2, 0) is 11.2 Å². The molecule has 2 aromatic rings. The highest BCUT2D eigenvalue weighted by Crippen LogP contribution is 2.29. The summed E-state index contributed by atoms with van der Waals surface area (Å²) in [5, 5.41) is 8.78. The maximum absolute atomic E-state index is 10.7. The van der Waals surface area contributed by atoms with Gasteiger partial charge < -0.3 is 19.3 Å². The highest BCUT2D eigenvalue weighted by Gasteiger charge is 2.08. The van der Waals surface area contributed by atoms with Gasteiger partial charge in [-0.2, -0.15) is 0 Å². The highest BCUT2D eigenvalue weighted by molar-refractivity contribution is 5.67. The molecule has 0 heterocycles. The smallest absolute Gasteiger partial charge is 0.303 e. The van der Waals surface area contributed by atoms with E-state index in [0.717, 1.165) is 16.9 Å². The molecule has 0 amide bonds. The second-order valence-electron chi connectivity index (χ2n) is 6.28. The standard InChI is InChI=1S/C21H26O5/c1-14-11-15(2)16(3)19(12-14)26-10-9-25-18-7-5-17(6-8-21(22)23)13-20(18)24-4/h5,7,11-13H,6,8-10H2,1-4H3,(H,22,23). The quantitative estimate of drug-likeness (QED) is 0.684. The average molecular weight is 358 g/mol. The zero-order chi connectivity index (χ0) is 19.1. The molecule has 2 rings (SSSR count). The van der Waals surface area contributed by atoms with Gasteiger partial charge in [-0.3, -0.25) is 4.79 Å². The molecule has 0 spiro atoms. The van der Waals surface area contributed by atoms with Crippen molar-refractivity contribution in [2.24, 2.45) is 0 Å². The van der Waals surface area contributed by atoms with Crippen molar-refractivity contribution in [3.63, 3.8) is 0 Å². The van der Waals surface area contributed by atoms with E-state index in [0.29, 0.717) is 31.1 Å². The Morgan fingerprint density at radius 2 is 1.65 bits per heavy atom. The first-order valence-corrected chi connectivity index (χ1v) is 8.63. The summed E-state index contributed by atoms with van der Waals surface area (Å²) in [6, 6.07) is 9.64. The summed E-state index contributed by atoms with van der Waals surface area (Å²) in [4.78, 5) is 10.7. The first kappa shape index (κ1) is 19.6. The van der Waals surface area contributed by atoms with Crippen molar-refractivity contribution in [2.75, 3.05) is 20.3 Å². The van der Waals surface area contributed by atoms with Crippen LogP contribution in [-0.4, -0.2) is 31.4 Å². The fraction of sp³-hybridized carbons (Fsp3) is 0.381. The summed E-state index contributed by atoms with van der Waals surface area (Å²) >= 11 is 0. The number of benzene rings is 2. The maximum atomic E-state index is 10.7. The van der Waals surface area contributed by atoms with Gasteiger partial charge in [0.15, 0.2) is 11.5 Å². The number of hydrogen-bond donors (Lipinski definition) is 1. The van der Waals surface area contributed by atoms with E-state index in [1.807, 2.05) is 32.0 Å². The average Bonchev–Trinajstić information content (AvgIpc) is 2.61. The second kappa shape index (κ2) is 9.13. The summed E-state index contributed by atoms with van der Waals surface area (Å²) in [7, 11) is 1.57. The third kappa shape index (κ3) is 5.41. The molecular formula is C21H26O5. The fourth-order valence-corrected chi connectivity index (χ4v) is 2.69. The Bertz CT molecular complexity index is 767. The van der Waals surface area contributed by atoms with E-state index in [9.17, 15) is 4.79 Å². The third-order valence-corrected chi connectivity index (χ3v) is 4.22. The molecule has 5 nitrogen and oxygen atoms in total. The zero-order valence-corrected chi connectivity index (χ0v) is 15.8. The van der Waals surface area contributed by atoms with Crippen LogP contribution >= 0.6 is 0 Å². The van der Waals surface area contributed by atoms with Gasteiger partial charge in [-0.1, -0.05) is 12.1 Å². The number of ether oxygens (including phenoxy) is 3. The van der Waals surface area contributed by atoms with Gasteiger partial charge >= 0.3 is 5.97 Å². The first-order chi connectivity index (χ1) is 12.4. The van der Waals surface area contributed by atoms with E-state index in [2.05, 4.69) is 13.0 Å². The van der Waals surface area contributed by atoms with Gasteiger partial charge in [0.25, 0.3) is 0 Å². The maximum Gasteiger partial charge on any atom is 0.303 e. The minimum absolute atomic E-state index is 0.0897. The van der Waals surface area contributed by atoms with Crippen LogP contribution in [0, 0.1) is 20.8 Å². The third-order valence-electron chi connectivity index (χ3n) is 4.22. The molecular weight excluding hydrogens is 332 g/mol. The van der Waals surface area contributed by atoms with Crippen LogP contribution in [0.4, 0.5) is 0 Å². The lowest BCUT2D eigenvalue weighted by Crippen LogP contribution is -2.10. The Kier molecular flexibility index (Phi) is 6.89. The van der Waals surface area contributed by atoms with Crippen LogP contribution in [0.15, 0.2) is 30.3 Å². The number of carbonyl (C=O) groups is 1. The van der Waals surface area contributed by atoms with E-state index < -0.39 is 5.97 Å². The molecule has 0 unspecified atom stereocenters. The zero-order valence-electron chi connectivity index (χ0n) is 15.8. The Balaban J connectivity index is 1.92. The van der Waals surface area contributed by atoms with Crippen molar-refractivity contribution in [3.8, 4) is 17.2 Å². The summed E-state index contributed by atoms with van der Waals surface area (Å²) in [5.41, 5.74) is 4.41. The number of carboxylic acid groups (broad SMARTS) is 1. The van der Waals surface area contributed by atoms with Gasteiger partial charge in [-0.15, -0.1) is 0 Å². The second-order valence-corrected chi connectivity index (χ2v) is 6.28. The molecule has 0 atom stereocenters. The topological polar surface area (TPSA) is 65.0 Å². The predicted molar refractivity (Wildman–Crippen MR) is 101 cm³/mol. The van der Waals surface area contributed by atoms with Gasteiger partial charge in [0.2, 0.25) is 0 Å². The van der Waals surface area contributed by atoms with Gasteiger partial charge in [0, 0.05) is 6.42 Å². The summed E-state index contributed by atoms with van der Waals surface area (Å²) in [6.45, 7) is 6.98. The molecule has 0 saturated carbocycles. The highest BCUT2D eigenvalue weighted by atomic mass is 16.5. The van der Waals surface area contributed by atoms with Crippen LogP contribution in [0.3, 0.4) is 0 Å². The molecule has 140 valence electrons. The van der Waals surface area contributed by atoms with Crippen LogP contribution in [0.1, 0.15) is 28.7 Å². The summed E-state index contributed by atoms with van der Waals surface area (Å²) in [6.07, 6.45) is 0.549. The molecule has 0 aliphatic heterocycles. The number of aliphatic carboxylic acids is 1. The molecule has 0 bridgehead atoms. The van der Waals surface area contributed by atoms with Crippen LogP contribution in [0.25, 0.3) is 0 Å². The molecule has 1 N–H and O–H groups in total. The molecule has 26 heavy (non-hydrogen) atoms. The fourth-order valence-electron chi connectivity index (χ4n) is 2.69. The van der Waals surface area contributed by atoms with Crippen molar-refractivity contribution in [3.05, 3.63) is 52.6 Å². The summed E-state index contributed by atoms with van der Waals surface area (Å²) in [5.74, 6) is 1.27. The van der Waals surface area contributed by atoms with Crippen molar-refractivity contribution >= 4 is 5.97 Å². The predicted octanol–water partition coefficient (Wildman–Crippen LogP) is 4.10. The van der Waals surface area contributed by atoms with Crippen LogP contribution < -0.4 is 14.2 Å². The number of carboxylic acids is 1. The van der Waals surface area contributed by atoms with Crippen molar-refractivity contribution in [2.45, 2.75) is 33.6 Å². The molecule has 0 fully saturated rings. The van der Waals surface area contributed by atoms with E-state index >= 15 is 0 Å². The Morgan fingerprint density at radius 1 is 0.962 bits per heavy atom. The molecule has 0 aliphatic rings. The van der Waals surface area contributed by atoms with Crippen molar-refractivity contribution in [1.29, 1.82) is 0 Å². The minimum Gasteiger partial charge on any atom is -0.493 e. The largest absolute Gasteiger partial charge is 0.493 e. The van der Waals surface area contributed by atoms with Gasteiger partial charge in [-0.25, -0.2) is 0 Å². The lowest BCUT2D eigenvalue weighted by atomic mass is 10.1. The molecule has 0 aromatic heterocycles. The Hall–Kier alpha value is -2.69.